The zero-order valence-electron chi connectivity index (χ0n) is 10.0. The minimum atomic E-state index is 0.0547. The number of hydrogen-bond donors (Lipinski definition) is 1. The summed E-state index contributed by atoms with van der Waals surface area (Å²) >= 11 is 6.77. The van der Waals surface area contributed by atoms with Gasteiger partial charge in [-0.05, 0) is 36.5 Å². The van der Waals surface area contributed by atoms with Crippen LogP contribution in [-0.2, 0) is 0 Å². The molecule has 1 unspecified atom stereocenters. The fourth-order valence-electron chi connectivity index (χ4n) is 2.13. The van der Waals surface area contributed by atoms with Gasteiger partial charge < -0.3 is 4.98 Å². The Morgan fingerprint density at radius 2 is 2.29 bits per heavy atom. The molecule has 2 heterocycles. The molecular weight excluding hydrogens is 252 g/mol. The van der Waals surface area contributed by atoms with Crippen molar-refractivity contribution in [3.05, 3.63) is 26.6 Å². The Morgan fingerprint density at radius 3 is 2.94 bits per heavy atom. The summed E-state index contributed by atoms with van der Waals surface area (Å²) in [4.78, 5) is 15.5. The lowest BCUT2D eigenvalue weighted by molar-refractivity contribution is 0.429. The molecule has 0 saturated carbocycles. The maximum atomic E-state index is 12.4. The summed E-state index contributed by atoms with van der Waals surface area (Å²) in [5.41, 5.74) is 0.909. The average Bonchev–Trinajstić information content (AvgIpc) is 2.76. The number of fused-ring (bicyclic) bond motifs is 1. The molecule has 0 bridgehead atoms. The molecule has 0 radical (unpaired) electrons. The van der Waals surface area contributed by atoms with Gasteiger partial charge in [-0.1, -0.05) is 20.3 Å². The van der Waals surface area contributed by atoms with Gasteiger partial charge in [-0.2, -0.15) is 0 Å². The predicted octanol–water partition coefficient (Wildman–Crippen LogP) is 3.87. The van der Waals surface area contributed by atoms with Gasteiger partial charge in [-0.25, -0.2) is 0 Å². The number of hydrogen-bond acceptors (Lipinski definition) is 3. The Balaban J connectivity index is 2.67. The molecule has 0 aliphatic rings. The normalized spacial score (nSPS) is 13.1. The molecule has 1 N–H and O–H groups in total. The van der Waals surface area contributed by atoms with Gasteiger partial charge in [0.15, 0.2) is 4.77 Å². The molecule has 0 aliphatic carbocycles. The van der Waals surface area contributed by atoms with E-state index in [1.807, 2.05) is 11.4 Å². The van der Waals surface area contributed by atoms with E-state index in [1.165, 1.54) is 11.3 Å². The number of aromatic nitrogens is 2. The second-order valence-electron chi connectivity index (χ2n) is 4.12. The maximum Gasteiger partial charge on any atom is 0.272 e. The minimum Gasteiger partial charge on any atom is -0.331 e. The van der Waals surface area contributed by atoms with E-state index in [0.29, 0.717) is 4.77 Å². The van der Waals surface area contributed by atoms with Crippen LogP contribution in [0.25, 0.3) is 10.2 Å². The van der Waals surface area contributed by atoms with Crippen LogP contribution in [0.1, 0.15) is 39.2 Å². The maximum absolute atomic E-state index is 12.4. The van der Waals surface area contributed by atoms with Gasteiger partial charge in [0, 0.05) is 6.04 Å². The van der Waals surface area contributed by atoms with Crippen LogP contribution in [0.5, 0.6) is 0 Å². The molecule has 0 spiro atoms. The topological polar surface area (TPSA) is 37.8 Å². The Kier molecular flexibility index (Phi) is 3.79. The van der Waals surface area contributed by atoms with Crippen molar-refractivity contribution in [3.8, 4) is 0 Å². The number of nitrogens with one attached hydrogen (secondary N) is 1. The van der Waals surface area contributed by atoms with Crippen molar-refractivity contribution < 1.29 is 0 Å². The number of aromatic amines is 1. The van der Waals surface area contributed by atoms with Crippen LogP contribution in [0.3, 0.4) is 0 Å². The number of rotatable bonds is 4. The van der Waals surface area contributed by atoms with E-state index in [2.05, 4.69) is 18.8 Å². The smallest absolute Gasteiger partial charge is 0.272 e. The number of thiophene rings is 1. The van der Waals surface area contributed by atoms with E-state index in [1.54, 1.807) is 4.57 Å². The van der Waals surface area contributed by atoms with Crippen LogP contribution in [0.2, 0.25) is 0 Å². The highest BCUT2D eigenvalue weighted by Crippen LogP contribution is 2.19. The van der Waals surface area contributed by atoms with Crippen molar-refractivity contribution >= 4 is 33.8 Å². The van der Waals surface area contributed by atoms with Gasteiger partial charge >= 0.3 is 0 Å². The fourth-order valence-corrected chi connectivity index (χ4v) is 3.26. The van der Waals surface area contributed by atoms with E-state index in [0.717, 1.165) is 29.5 Å². The SMILES string of the molecule is CCCC(CC)n1c(=S)[nH]c2ccsc2c1=O. The lowest BCUT2D eigenvalue weighted by atomic mass is 10.1. The molecule has 92 valence electrons. The summed E-state index contributed by atoms with van der Waals surface area (Å²) in [6, 6.07) is 2.12. The zero-order valence-corrected chi connectivity index (χ0v) is 11.7. The van der Waals surface area contributed by atoms with Crippen LogP contribution < -0.4 is 5.56 Å². The first-order valence-electron chi connectivity index (χ1n) is 5.91. The summed E-state index contributed by atoms with van der Waals surface area (Å²) in [5, 5.41) is 1.92. The van der Waals surface area contributed by atoms with Crippen molar-refractivity contribution in [1.29, 1.82) is 0 Å². The third kappa shape index (κ3) is 2.21. The molecule has 0 aromatic carbocycles. The summed E-state index contributed by atoms with van der Waals surface area (Å²) in [7, 11) is 0. The Morgan fingerprint density at radius 1 is 1.53 bits per heavy atom. The van der Waals surface area contributed by atoms with E-state index in [4.69, 9.17) is 12.2 Å². The van der Waals surface area contributed by atoms with Crippen LogP contribution in [0.15, 0.2) is 16.2 Å². The van der Waals surface area contributed by atoms with Crippen molar-refractivity contribution in [3.63, 3.8) is 0 Å². The summed E-state index contributed by atoms with van der Waals surface area (Å²) in [6.07, 6.45) is 2.98. The highest BCUT2D eigenvalue weighted by Gasteiger charge is 2.14. The first-order valence-corrected chi connectivity index (χ1v) is 7.19. The Labute approximate surface area is 109 Å². The molecule has 17 heavy (non-hydrogen) atoms. The van der Waals surface area contributed by atoms with Crippen LogP contribution in [0.4, 0.5) is 0 Å². The van der Waals surface area contributed by atoms with Crippen LogP contribution >= 0.6 is 23.6 Å². The van der Waals surface area contributed by atoms with Gasteiger partial charge in [0.1, 0.15) is 4.70 Å². The summed E-state index contributed by atoms with van der Waals surface area (Å²) < 4.78 is 3.06. The molecule has 0 aliphatic heterocycles. The van der Waals surface area contributed by atoms with Gasteiger partial charge in [0.25, 0.3) is 5.56 Å². The van der Waals surface area contributed by atoms with E-state index < -0.39 is 0 Å². The largest absolute Gasteiger partial charge is 0.331 e. The Bertz CT molecular complexity index is 623. The van der Waals surface area contributed by atoms with Gasteiger partial charge in [-0.3, -0.25) is 9.36 Å². The third-order valence-electron chi connectivity index (χ3n) is 3.00. The quantitative estimate of drug-likeness (QED) is 0.855. The van der Waals surface area contributed by atoms with Gasteiger partial charge in [0.2, 0.25) is 0 Å². The molecule has 2 rings (SSSR count). The molecule has 3 nitrogen and oxygen atoms in total. The molecular formula is C12H16N2OS2. The van der Waals surface area contributed by atoms with E-state index in [9.17, 15) is 4.79 Å². The minimum absolute atomic E-state index is 0.0547. The first-order chi connectivity index (χ1) is 8.19. The van der Waals surface area contributed by atoms with Crippen molar-refractivity contribution in [1.82, 2.24) is 9.55 Å². The molecule has 0 amide bonds. The van der Waals surface area contributed by atoms with Crippen LogP contribution in [-0.4, -0.2) is 9.55 Å². The second kappa shape index (κ2) is 5.14. The fraction of sp³-hybridized carbons (Fsp3) is 0.500. The van der Waals surface area contributed by atoms with Crippen molar-refractivity contribution in [2.24, 2.45) is 0 Å². The second-order valence-corrected chi connectivity index (χ2v) is 5.42. The molecule has 0 fully saturated rings. The summed E-state index contributed by atoms with van der Waals surface area (Å²) in [5.74, 6) is 0. The lowest BCUT2D eigenvalue weighted by Gasteiger charge is -2.17. The predicted molar refractivity (Wildman–Crippen MR) is 75.5 cm³/mol. The standard InChI is InChI=1S/C12H16N2OS2/c1-3-5-8(4-2)14-11(15)10-9(6-7-17-10)13-12(14)16/h6-8H,3-5H2,1-2H3,(H,13,16). The van der Waals surface area contributed by atoms with E-state index in [-0.39, 0.29) is 11.6 Å². The third-order valence-corrected chi connectivity index (χ3v) is 4.20. The monoisotopic (exact) mass is 268 g/mol. The lowest BCUT2D eigenvalue weighted by Crippen LogP contribution is -2.25. The highest BCUT2D eigenvalue weighted by molar-refractivity contribution is 7.71. The molecule has 2 aromatic rings. The Hall–Kier alpha value is -0.940. The zero-order chi connectivity index (χ0) is 12.4. The average molecular weight is 268 g/mol. The van der Waals surface area contributed by atoms with Crippen molar-refractivity contribution in [2.75, 3.05) is 0 Å². The van der Waals surface area contributed by atoms with E-state index >= 15 is 0 Å². The van der Waals surface area contributed by atoms with Crippen LogP contribution in [0, 0.1) is 4.77 Å². The highest BCUT2D eigenvalue weighted by atomic mass is 32.1. The van der Waals surface area contributed by atoms with Crippen molar-refractivity contribution in [2.45, 2.75) is 39.2 Å². The molecule has 5 heteroatoms. The first kappa shape index (κ1) is 12.5. The molecule has 2 aromatic heterocycles. The summed E-state index contributed by atoms with van der Waals surface area (Å²) in [6.45, 7) is 4.23. The number of nitrogens with zero attached hydrogens (tertiary/aromatic N) is 1. The molecule has 1 atom stereocenters. The van der Waals surface area contributed by atoms with Gasteiger partial charge in [-0.15, -0.1) is 11.3 Å². The molecule has 0 saturated heterocycles. The van der Waals surface area contributed by atoms with Gasteiger partial charge in [0.05, 0.1) is 5.52 Å². The number of H-pyrrole nitrogens is 1.